The van der Waals surface area contributed by atoms with Crippen molar-refractivity contribution in [2.45, 2.75) is 12.5 Å². The van der Waals surface area contributed by atoms with Crippen LogP contribution in [0, 0.1) is 0 Å². The van der Waals surface area contributed by atoms with Crippen LogP contribution in [0.3, 0.4) is 0 Å². The Balaban J connectivity index is 1.93. The first-order valence-electron chi connectivity index (χ1n) is 6.54. The van der Waals surface area contributed by atoms with E-state index in [1.807, 2.05) is 18.2 Å². The molecule has 5 nitrogen and oxygen atoms in total. The van der Waals surface area contributed by atoms with Gasteiger partial charge in [-0.25, -0.2) is 4.98 Å². The Hall–Kier alpha value is -1.88. The molecule has 5 heteroatoms. The molecule has 2 aromatic rings. The molecule has 0 amide bonds. The molecule has 1 fully saturated rings. The third-order valence-corrected chi connectivity index (χ3v) is 3.68. The number of hydrogen-bond acceptors (Lipinski definition) is 4. The maximum Gasteiger partial charge on any atom is 0.260 e. The molecule has 0 radical (unpaired) electrons. The summed E-state index contributed by atoms with van der Waals surface area (Å²) in [5.74, 6) is 0. The fourth-order valence-corrected chi connectivity index (χ4v) is 2.59. The summed E-state index contributed by atoms with van der Waals surface area (Å²) in [5.41, 5.74) is 1.74. The molecule has 0 saturated carbocycles. The van der Waals surface area contributed by atoms with Crippen LogP contribution in [0.2, 0.25) is 0 Å². The molecule has 1 aromatic heterocycles. The van der Waals surface area contributed by atoms with E-state index in [0.717, 1.165) is 30.7 Å². The fourth-order valence-electron chi connectivity index (χ4n) is 2.59. The molecule has 100 valence electrons. The second kappa shape index (κ2) is 4.66. The van der Waals surface area contributed by atoms with Crippen LogP contribution < -0.4 is 10.9 Å². The second-order valence-corrected chi connectivity index (χ2v) is 5.28. The summed E-state index contributed by atoms with van der Waals surface area (Å²) in [6.45, 7) is 2.16. The summed E-state index contributed by atoms with van der Waals surface area (Å²) in [6.07, 6.45) is 2.70. The third kappa shape index (κ3) is 2.33. The molecule has 0 bridgehead atoms. The standard InChI is InChI=1S/C14H18N4O/c1-17-6-5-11(8-17)16-10-3-4-13-12(7-10)14(19)18(2)9-15-13/h3-4,7,9,11,16H,5-6,8H2,1-2H3. The van der Waals surface area contributed by atoms with Crippen molar-refractivity contribution in [3.63, 3.8) is 0 Å². The van der Waals surface area contributed by atoms with Crippen LogP contribution in [-0.2, 0) is 7.05 Å². The van der Waals surface area contributed by atoms with Crippen molar-refractivity contribution in [2.24, 2.45) is 7.05 Å². The van der Waals surface area contributed by atoms with Gasteiger partial charge in [-0.05, 0) is 38.2 Å². The van der Waals surface area contributed by atoms with Crippen LogP contribution in [-0.4, -0.2) is 40.6 Å². The van der Waals surface area contributed by atoms with Crippen LogP contribution >= 0.6 is 0 Å². The van der Waals surface area contributed by atoms with Gasteiger partial charge in [0.1, 0.15) is 0 Å². The van der Waals surface area contributed by atoms with Gasteiger partial charge in [-0.2, -0.15) is 0 Å². The average molecular weight is 258 g/mol. The number of benzene rings is 1. The van der Waals surface area contributed by atoms with Crippen molar-refractivity contribution >= 4 is 16.6 Å². The Morgan fingerprint density at radius 2 is 2.21 bits per heavy atom. The number of nitrogens with zero attached hydrogens (tertiary/aromatic N) is 3. The lowest BCUT2D eigenvalue weighted by Gasteiger charge is -2.14. The molecule has 1 aliphatic rings. The van der Waals surface area contributed by atoms with E-state index < -0.39 is 0 Å². The number of likely N-dealkylation sites (tertiary alicyclic amines) is 1. The van der Waals surface area contributed by atoms with Crippen LogP contribution in [0.25, 0.3) is 10.9 Å². The zero-order chi connectivity index (χ0) is 13.4. The third-order valence-electron chi connectivity index (χ3n) is 3.68. The first-order chi connectivity index (χ1) is 9.13. The predicted octanol–water partition coefficient (Wildman–Crippen LogP) is 1.05. The maximum absolute atomic E-state index is 12.1. The van der Waals surface area contributed by atoms with Gasteiger partial charge in [0.05, 0.1) is 17.2 Å². The van der Waals surface area contributed by atoms with E-state index in [1.165, 1.54) is 4.57 Å². The van der Waals surface area contributed by atoms with Gasteiger partial charge in [0.15, 0.2) is 0 Å². The van der Waals surface area contributed by atoms with Crippen LogP contribution in [0.4, 0.5) is 5.69 Å². The highest BCUT2D eigenvalue weighted by Crippen LogP contribution is 2.18. The van der Waals surface area contributed by atoms with E-state index in [0.29, 0.717) is 11.4 Å². The molecule has 0 spiro atoms. The number of aryl methyl sites for hydroxylation is 1. The van der Waals surface area contributed by atoms with Crippen molar-refractivity contribution in [1.29, 1.82) is 0 Å². The number of hydrogen-bond donors (Lipinski definition) is 1. The molecule has 1 unspecified atom stereocenters. The van der Waals surface area contributed by atoms with E-state index in [4.69, 9.17) is 0 Å². The topological polar surface area (TPSA) is 50.2 Å². The molecule has 3 rings (SSSR count). The minimum absolute atomic E-state index is 0.00260. The highest BCUT2D eigenvalue weighted by atomic mass is 16.1. The van der Waals surface area contributed by atoms with Gasteiger partial charge in [-0.1, -0.05) is 0 Å². The van der Waals surface area contributed by atoms with Crippen molar-refractivity contribution in [3.8, 4) is 0 Å². The van der Waals surface area contributed by atoms with Crippen molar-refractivity contribution in [3.05, 3.63) is 34.9 Å². The minimum Gasteiger partial charge on any atom is -0.381 e. The number of anilines is 1. The quantitative estimate of drug-likeness (QED) is 0.875. The Morgan fingerprint density at radius 1 is 1.37 bits per heavy atom. The molecule has 1 N–H and O–H groups in total. The van der Waals surface area contributed by atoms with Crippen LogP contribution in [0.5, 0.6) is 0 Å². The SMILES string of the molecule is CN1CCC(Nc2ccc3ncn(C)c(=O)c3c2)C1. The van der Waals surface area contributed by atoms with E-state index in [-0.39, 0.29) is 5.56 Å². The highest BCUT2D eigenvalue weighted by Gasteiger charge is 2.19. The Morgan fingerprint density at radius 3 is 2.95 bits per heavy atom. The van der Waals surface area contributed by atoms with E-state index in [1.54, 1.807) is 13.4 Å². The van der Waals surface area contributed by atoms with Gasteiger partial charge in [-0.3, -0.25) is 4.79 Å². The average Bonchev–Trinajstić information content (AvgIpc) is 2.80. The minimum atomic E-state index is -0.00260. The van der Waals surface area contributed by atoms with Gasteiger partial charge in [0.25, 0.3) is 5.56 Å². The van der Waals surface area contributed by atoms with Gasteiger partial charge in [-0.15, -0.1) is 0 Å². The summed E-state index contributed by atoms with van der Waals surface area (Å²) in [5, 5.41) is 4.16. The van der Waals surface area contributed by atoms with Crippen molar-refractivity contribution in [1.82, 2.24) is 14.5 Å². The smallest absolute Gasteiger partial charge is 0.260 e. The van der Waals surface area contributed by atoms with E-state index in [9.17, 15) is 4.79 Å². The number of nitrogens with one attached hydrogen (secondary N) is 1. The molecule has 1 atom stereocenters. The van der Waals surface area contributed by atoms with Crippen LogP contribution in [0.15, 0.2) is 29.3 Å². The second-order valence-electron chi connectivity index (χ2n) is 5.28. The lowest BCUT2D eigenvalue weighted by molar-refractivity contribution is 0.414. The summed E-state index contributed by atoms with van der Waals surface area (Å²) in [4.78, 5) is 18.6. The Labute approximate surface area is 111 Å². The molecular formula is C14H18N4O. The van der Waals surface area contributed by atoms with Crippen molar-refractivity contribution < 1.29 is 0 Å². The molecule has 1 aliphatic heterocycles. The van der Waals surface area contributed by atoms with Crippen LogP contribution in [0.1, 0.15) is 6.42 Å². The van der Waals surface area contributed by atoms with E-state index in [2.05, 4.69) is 22.2 Å². The Bertz CT molecular complexity index is 664. The zero-order valence-corrected chi connectivity index (χ0v) is 11.3. The number of rotatable bonds is 2. The Kier molecular flexibility index (Phi) is 2.98. The summed E-state index contributed by atoms with van der Waals surface area (Å²) in [7, 11) is 3.85. The molecule has 1 saturated heterocycles. The summed E-state index contributed by atoms with van der Waals surface area (Å²) >= 11 is 0. The molecular weight excluding hydrogens is 240 g/mol. The molecule has 2 heterocycles. The van der Waals surface area contributed by atoms with Gasteiger partial charge in [0.2, 0.25) is 0 Å². The fraction of sp³-hybridized carbons (Fsp3) is 0.429. The monoisotopic (exact) mass is 258 g/mol. The number of fused-ring (bicyclic) bond motifs is 1. The zero-order valence-electron chi connectivity index (χ0n) is 11.3. The summed E-state index contributed by atoms with van der Waals surface area (Å²) < 4.78 is 1.51. The number of likely N-dealkylation sites (N-methyl/N-ethyl adjacent to an activating group) is 1. The lowest BCUT2D eigenvalue weighted by Crippen LogP contribution is -2.23. The van der Waals surface area contributed by atoms with Gasteiger partial charge < -0.3 is 14.8 Å². The normalized spacial score (nSPS) is 20.0. The van der Waals surface area contributed by atoms with Crippen molar-refractivity contribution in [2.75, 3.05) is 25.5 Å². The summed E-state index contributed by atoms with van der Waals surface area (Å²) in [6, 6.07) is 6.26. The van der Waals surface area contributed by atoms with Gasteiger partial charge in [0, 0.05) is 25.3 Å². The highest BCUT2D eigenvalue weighted by molar-refractivity contribution is 5.81. The first-order valence-corrected chi connectivity index (χ1v) is 6.54. The lowest BCUT2D eigenvalue weighted by atomic mass is 10.2. The van der Waals surface area contributed by atoms with E-state index >= 15 is 0 Å². The molecule has 0 aliphatic carbocycles. The molecule has 19 heavy (non-hydrogen) atoms. The largest absolute Gasteiger partial charge is 0.381 e. The first kappa shape index (κ1) is 12.2. The van der Waals surface area contributed by atoms with Gasteiger partial charge >= 0.3 is 0 Å². The number of aromatic nitrogens is 2. The molecule has 1 aromatic carbocycles. The maximum atomic E-state index is 12.1. The predicted molar refractivity (Wildman–Crippen MR) is 76.5 cm³/mol.